The Labute approximate surface area is 121 Å². The van der Waals surface area contributed by atoms with Crippen molar-refractivity contribution in [1.82, 2.24) is 9.97 Å². The highest BCUT2D eigenvalue weighted by Gasteiger charge is 2.28. The maximum absolute atomic E-state index is 4.72. The van der Waals surface area contributed by atoms with E-state index in [1.54, 1.807) is 0 Å². The highest BCUT2D eigenvalue weighted by molar-refractivity contribution is 5.48. The molecule has 20 heavy (non-hydrogen) atoms. The van der Waals surface area contributed by atoms with Gasteiger partial charge >= 0.3 is 0 Å². The Morgan fingerprint density at radius 1 is 1.20 bits per heavy atom. The molecule has 110 valence electrons. The molecule has 0 aliphatic heterocycles. The van der Waals surface area contributed by atoms with Crippen LogP contribution in [0.15, 0.2) is 6.07 Å². The summed E-state index contributed by atoms with van der Waals surface area (Å²) in [5.74, 6) is 4.42. The Balaban J connectivity index is 1.71. The summed E-state index contributed by atoms with van der Waals surface area (Å²) in [5, 5.41) is 6.99. The van der Waals surface area contributed by atoms with Crippen LogP contribution < -0.4 is 10.6 Å². The zero-order valence-electron chi connectivity index (χ0n) is 12.7. The van der Waals surface area contributed by atoms with Crippen molar-refractivity contribution < 1.29 is 0 Å². The van der Waals surface area contributed by atoms with E-state index in [0.717, 1.165) is 36.3 Å². The summed E-state index contributed by atoms with van der Waals surface area (Å²) in [5.41, 5.74) is 0. The van der Waals surface area contributed by atoms with Gasteiger partial charge < -0.3 is 10.6 Å². The Morgan fingerprint density at radius 3 is 2.55 bits per heavy atom. The number of hydrogen-bond donors (Lipinski definition) is 2. The molecule has 2 aliphatic rings. The molecule has 4 heteroatoms. The second-order valence-corrected chi connectivity index (χ2v) is 6.32. The first kappa shape index (κ1) is 13.7. The van der Waals surface area contributed by atoms with Crippen LogP contribution in [0.2, 0.25) is 0 Å². The molecular weight excluding hydrogens is 248 g/mol. The van der Waals surface area contributed by atoms with Crippen LogP contribution in [0, 0.1) is 5.92 Å². The summed E-state index contributed by atoms with van der Waals surface area (Å²) in [6.07, 6.45) is 7.70. The average molecular weight is 274 g/mol. The van der Waals surface area contributed by atoms with Crippen molar-refractivity contribution in [2.75, 3.05) is 17.2 Å². The number of anilines is 2. The quantitative estimate of drug-likeness (QED) is 0.794. The van der Waals surface area contributed by atoms with Gasteiger partial charge in [-0.2, -0.15) is 0 Å². The molecule has 1 aromatic heterocycles. The molecule has 0 bridgehead atoms. The second kappa shape index (κ2) is 5.98. The van der Waals surface area contributed by atoms with E-state index >= 15 is 0 Å². The third kappa shape index (κ3) is 3.22. The van der Waals surface area contributed by atoms with Crippen molar-refractivity contribution in [2.45, 2.75) is 64.3 Å². The zero-order valence-corrected chi connectivity index (χ0v) is 12.7. The van der Waals surface area contributed by atoms with Crippen LogP contribution in [0.25, 0.3) is 0 Å². The number of hydrogen-bond acceptors (Lipinski definition) is 4. The van der Waals surface area contributed by atoms with Crippen LogP contribution in [-0.2, 0) is 0 Å². The average Bonchev–Trinajstić information content (AvgIpc) is 3.18. The van der Waals surface area contributed by atoms with E-state index in [9.17, 15) is 0 Å². The van der Waals surface area contributed by atoms with Gasteiger partial charge in [-0.05, 0) is 44.9 Å². The standard InChI is InChI=1S/C16H26N4/c1-3-9-17-14-10-15(18-11(2)12-5-4-6-12)20-16(19-14)13-7-8-13/h10-13H,3-9H2,1-2H3,(H2,17,18,19,20). The molecule has 0 aromatic carbocycles. The van der Waals surface area contributed by atoms with Gasteiger partial charge in [-0.3, -0.25) is 0 Å². The first-order valence-electron chi connectivity index (χ1n) is 8.15. The molecule has 0 amide bonds. The molecule has 0 radical (unpaired) electrons. The van der Waals surface area contributed by atoms with Crippen molar-refractivity contribution >= 4 is 11.6 Å². The molecule has 1 aromatic rings. The second-order valence-electron chi connectivity index (χ2n) is 6.32. The monoisotopic (exact) mass is 274 g/mol. The van der Waals surface area contributed by atoms with Gasteiger partial charge in [-0.25, -0.2) is 9.97 Å². The summed E-state index contributed by atoms with van der Waals surface area (Å²) < 4.78 is 0. The molecule has 1 heterocycles. The van der Waals surface area contributed by atoms with Crippen LogP contribution >= 0.6 is 0 Å². The van der Waals surface area contributed by atoms with Gasteiger partial charge in [0.2, 0.25) is 0 Å². The molecule has 4 nitrogen and oxygen atoms in total. The fourth-order valence-electron chi connectivity index (χ4n) is 2.70. The van der Waals surface area contributed by atoms with Gasteiger partial charge in [0.15, 0.2) is 0 Å². The lowest BCUT2D eigenvalue weighted by Gasteiger charge is -2.32. The van der Waals surface area contributed by atoms with Gasteiger partial charge in [0.1, 0.15) is 17.5 Å². The summed E-state index contributed by atoms with van der Waals surface area (Å²) in [6, 6.07) is 2.58. The lowest BCUT2D eigenvalue weighted by atomic mass is 9.80. The Hall–Kier alpha value is -1.32. The van der Waals surface area contributed by atoms with Crippen LogP contribution in [0.5, 0.6) is 0 Å². The van der Waals surface area contributed by atoms with Gasteiger partial charge in [0.05, 0.1) is 0 Å². The first-order valence-corrected chi connectivity index (χ1v) is 8.15. The van der Waals surface area contributed by atoms with E-state index in [1.165, 1.54) is 32.1 Å². The molecule has 2 saturated carbocycles. The normalized spacial score (nSPS) is 20.3. The van der Waals surface area contributed by atoms with E-state index in [-0.39, 0.29) is 0 Å². The van der Waals surface area contributed by atoms with Gasteiger partial charge in [-0.1, -0.05) is 13.3 Å². The number of nitrogens with one attached hydrogen (secondary N) is 2. The molecule has 3 rings (SSSR count). The maximum Gasteiger partial charge on any atom is 0.136 e. The van der Waals surface area contributed by atoms with Crippen molar-refractivity contribution in [3.8, 4) is 0 Å². The van der Waals surface area contributed by atoms with E-state index in [4.69, 9.17) is 4.98 Å². The fraction of sp³-hybridized carbons (Fsp3) is 0.750. The van der Waals surface area contributed by atoms with Crippen molar-refractivity contribution in [1.29, 1.82) is 0 Å². The minimum absolute atomic E-state index is 0.518. The minimum Gasteiger partial charge on any atom is -0.370 e. The Bertz CT molecular complexity index is 452. The van der Waals surface area contributed by atoms with E-state index in [0.29, 0.717) is 12.0 Å². The van der Waals surface area contributed by atoms with Crippen LogP contribution in [0.1, 0.15) is 64.1 Å². The molecule has 2 N–H and O–H groups in total. The lowest BCUT2D eigenvalue weighted by molar-refractivity contribution is 0.285. The van der Waals surface area contributed by atoms with Gasteiger partial charge in [-0.15, -0.1) is 0 Å². The topological polar surface area (TPSA) is 49.8 Å². The van der Waals surface area contributed by atoms with Crippen LogP contribution in [0.3, 0.4) is 0 Å². The van der Waals surface area contributed by atoms with Crippen LogP contribution in [0.4, 0.5) is 11.6 Å². The van der Waals surface area contributed by atoms with E-state index in [1.807, 2.05) is 0 Å². The predicted octanol–water partition coefficient (Wildman–Crippen LogP) is 3.78. The predicted molar refractivity (Wildman–Crippen MR) is 83.2 cm³/mol. The molecule has 1 unspecified atom stereocenters. The van der Waals surface area contributed by atoms with Gasteiger partial charge in [0, 0.05) is 24.6 Å². The van der Waals surface area contributed by atoms with Crippen molar-refractivity contribution in [3.05, 3.63) is 11.9 Å². The smallest absolute Gasteiger partial charge is 0.136 e. The molecule has 1 atom stereocenters. The minimum atomic E-state index is 0.518. The summed E-state index contributed by atoms with van der Waals surface area (Å²) >= 11 is 0. The molecule has 0 saturated heterocycles. The number of aromatic nitrogens is 2. The SMILES string of the molecule is CCCNc1cc(NC(C)C2CCC2)nc(C2CC2)n1. The van der Waals surface area contributed by atoms with Gasteiger partial charge in [0.25, 0.3) is 0 Å². The fourth-order valence-corrected chi connectivity index (χ4v) is 2.70. The summed E-state index contributed by atoms with van der Waals surface area (Å²) in [4.78, 5) is 9.38. The lowest BCUT2D eigenvalue weighted by Crippen LogP contribution is -2.31. The number of nitrogens with zero attached hydrogens (tertiary/aromatic N) is 2. The van der Waals surface area contributed by atoms with E-state index in [2.05, 4.69) is 35.5 Å². The van der Waals surface area contributed by atoms with Crippen LogP contribution in [-0.4, -0.2) is 22.6 Å². The highest BCUT2D eigenvalue weighted by atomic mass is 15.1. The zero-order chi connectivity index (χ0) is 13.9. The maximum atomic E-state index is 4.72. The molecular formula is C16H26N4. The third-order valence-electron chi connectivity index (χ3n) is 4.47. The van der Waals surface area contributed by atoms with Crippen molar-refractivity contribution in [2.24, 2.45) is 5.92 Å². The molecule has 0 spiro atoms. The van der Waals surface area contributed by atoms with Crippen molar-refractivity contribution in [3.63, 3.8) is 0 Å². The highest BCUT2D eigenvalue weighted by Crippen LogP contribution is 2.39. The molecule has 2 aliphatic carbocycles. The van der Waals surface area contributed by atoms with E-state index < -0.39 is 0 Å². The molecule has 2 fully saturated rings. The summed E-state index contributed by atoms with van der Waals surface area (Å²) in [6.45, 7) is 5.43. The Kier molecular flexibility index (Phi) is 4.08. The third-order valence-corrected chi connectivity index (χ3v) is 4.47. The first-order chi connectivity index (χ1) is 9.76. The summed E-state index contributed by atoms with van der Waals surface area (Å²) in [7, 11) is 0. The largest absolute Gasteiger partial charge is 0.370 e. The number of rotatable bonds is 7. The Morgan fingerprint density at radius 2 is 1.95 bits per heavy atom.